The summed E-state index contributed by atoms with van der Waals surface area (Å²) in [5, 5.41) is 13.3. The highest BCUT2D eigenvalue weighted by Gasteiger charge is 2.14. The van der Waals surface area contributed by atoms with Crippen LogP contribution < -0.4 is 20.1 Å². The highest BCUT2D eigenvalue weighted by molar-refractivity contribution is 7.99. The first-order chi connectivity index (χ1) is 15.2. The Morgan fingerprint density at radius 1 is 1.00 bits per heavy atom. The molecular weight excluding hydrogens is 420 g/mol. The lowest BCUT2D eigenvalue weighted by Crippen LogP contribution is -2.34. The summed E-state index contributed by atoms with van der Waals surface area (Å²) in [6.07, 6.45) is 0.671. The first kappa shape index (κ1) is 20.7. The zero-order valence-corrected chi connectivity index (χ0v) is 17.3. The second-order valence-corrected chi connectivity index (χ2v) is 7.63. The molecule has 0 saturated heterocycles. The van der Waals surface area contributed by atoms with E-state index in [1.807, 2.05) is 30.3 Å². The molecule has 0 aliphatic carbocycles. The lowest BCUT2D eigenvalue weighted by molar-refractivity contribution is -0.119. The van der Waals surface area contributed by atoms with Crippen molar-refractivity contribution in [3.63, 3.8) is 0 Å². The molecule has 0 atom stereocenters. The Balaban J connectivity index is 1.18. The van der Waals surface area contributed by atoms with Crippen LogP contribution in [0.5, 0.6) is 11.5 Å². The maximum absolute atomic E-state index is 12.0. The van der Waals surface area contributed by atoms with Gasteiger partial charge >= 0.3 is 6.03 Å². The number of nitrogens with one attached hydrogen (secondary N) is 2. The number of hydrogen-bond acceptors (Lipinski definition) is 8. The minimum Gasteiger partial charge on any atom is -0.486 e. The summed E-state index contributed by atoms with van der Waals surface area (Å²) in [4.78, 5) is 24.1. The van der Waals surface area contributed by atoms with Crippen molar-refractivity contribution >= 4 is 29.4 Å². The van der Waals surface area contributed by atoms with E-state index in [4.69, 9.17) is 13.9 Å². The van der Waals surface area contributed by atoms with Crippen LogP contribution >= 0.6 is 11.8 Å². The molecule has 1 aromatic heterocycles. The minimum absolute atomic E-state index is 0.121. The average molecular weight is 440 g/mol. The van der Waals surface area contributed by atoms with Gasteiger partial charge in [0.05, 0.1) is 6.42 Å². The zero-order valence-electron chi connectivity index (χ0n) is 16.5. The second-order valence-electron chi connectivity index (χ2n) is 6.58. The number of thioether (sulfide) groups is 1. The summed E-state index contributed by atoms with van der Waals surface area (Å²) < 4.78 is 16.5. The molecular formula is C21H20N4O5S. The molecule has 3 amide bonds. The normalized spacial score (nSPS) is 12.3. The molecule has 0 unspecified atom stereocenters. The van der Waals surface area contributed by atoms with Crippen LogP contribution in [0.4, 0.5) is 10.5 Å². The highest BCUT2D eigenvalue weighted by Crippen LogP contribution is 2.32. The number of urea groups is 1. The molecule has 0 fully saturated rings. The van der Waals surface area contributed by atoms with Gasteiger partial charge in [0.1, 0.15) is 13.2 Å². The van der Waals surface area contributed by atoms with Gasteiger partial charge in [0.25, 0.3) is 5.22 Å². The van der Waals surface area contributed by atoms with E-state index in [-0.39, 0.29) is 6.42 Å². The maximum Gasteiger partial charge on any atom is 0.325 e. The molecule has 0 spiro atoms. The van der Waals surface area contributed by atoms with Crippen LogP contribution in [0.15, 0.2) is 58.2 Å². The highest BCUT2D eigenvalue weighted by atomic mass is 32.2. The number of ether oxygens (including phenoxy) is 2. The van der Waals surface area contributed by atoms with Gasteiger partial charge < -0.3 is 19.2 Å². The van der Waals surface area contributed by atoms with E-state index < -0.39 is 11.9 Å². The van der Waals surface area contributed by atoms with Crippen molar-refractivity contribution in [2.45, 2.75) is 18.1 Å². The summed E-state index contributed by atoms with van der Waals surface area (Å²) in [6, 6.07) is 14.2. The van der Waals surface area contributed by atoms with Gasteiger partial charge in [-0.25, -0.2) is 4.79 Å². The topological polar surface area (TPSA) is 116 Å². The number of anilines is 1. The fraction of sp³-hybridized carbons (Fsp3) is 0.238. The van der Waals surface area contributed by atoms with Gasteiger partial charge in [0.15, 0.2) is 11.5 Å². The lowest BCUT2D eigenvalue weighted by atomic mass is 10.2. The quantitative estimate of drug-likeness (QED) is 0.538. The Morgan fingerprint density at radius 2 is 1.81 bits per heavy atom. The number of carbonyl (C=O) groups is 2. The zero-order chi connectivity index (χ0) is 21.5. The number of hydrogen-bond donors (Lipinski definition) is 2. The number of carbonyl (C=O) groups excluding carboxylic acids is 2. The Bertz CT molecular complexity index is 1060. The van der Waals surface area contributed by atoms with Crippen LogP contribution in [0.25, 0.3) is 0 Å². The number of amides is 3. The smallest absolute Gasteiger partial charge is 0.325 e. The van der Waals surface area contributed by atoms with Crippen LogP contribution in [0.3, 0.4) is 0 Å². The standard InChI is InChI=1S/C21H20N4O5S/c26-18(23-20(27)22-15-6-7-16-17(13-15)29-10-9-28-16)8-11-31-21-25-24-19(30-21)12-14-4-2-1-3-5-14/h1-7,13H,8-12H2,(H2,22,23,26,27). The molecule has 9 nitrogen and oxygen atoms in total. The van der Waals surface area contributed by atoms with Gasteiger partial charge in [0, 0.05) is 23.9 Å². The Labute approximate surface area is 182 Å². The third-order valence-corrected chi connectivity index (χ3v) is 5.07. The van der Waals surface area contributed by atoms with E-state index in [0.717, 1.165) is 5.56 Å². The molecule has 4 rings (SSSR count). The number of aromatic nitrogens is 2. The molecule has 3 aromatic rings. The van der Waals surface area contributed by atoms with Crippen molar-refractivity contribution in [3.05, 3.63) is 60.0 Å². The SMILES string of the molecule is O=C(CCSc1nnc(Cc2ccccc2)o1)NC(=O)Nc1ccc2c(c1)OCCO2. The van der Waals surface area contributed by atoms with Crippen LogP contribution in [-0.2, 0) is 11.2 Å². The Hall–Kier alpha value is -3.53. The van der Waals surface area contributed by atoms with E-state index in [1.54, 1.807) is 18.2 Å². The number of fused-ring (bicyclic) bond motifs is 1. The fourth-order valence-electron chi connectivity index (χ4n) is 2.84. The summed E-state index contributed by atoms with van der Waals surface area (Å²) in [5.74, 6) is 1.68. The van der Waals surface area contributed by atoms with Crippen LogP contribution in [0, 0.1) is 0 Å². The van der Waals surface area contributed by atoms with Crippen molar-refractivity contribution in [2.75, 3.05) is 24.3 Å². The van der Waals surface area contributed by atoms with Gasteiger partial charge in [-0.1, -0.05) is 42.1 Å². The Morgan fingerprint density at radius 3 is 2.65 bits per heavy atom. The minimum atomic E-state index is -0.616. The molecule has 1 aliphatic heterocycles. The van der Waals surface area contributed by atoms with E-state index in [9.17, 15) is 9.59 Å². The maximum atomic E-state index is 12.0. The van der Waals surface area contributed by atoms with Gasteiger partial charge in [0.2, 0.25) is 11.8 Å². The molecule has 160 valence electrons. The molecule has 0 radical (unpaired) electrons. The van der Waals surface area contributed by atoms with Gasteiger partial charge in [-0.05, 0) is 17.7 Å². The van der Waals surface area contributed by atoms with Crippen molar-refractivity contribution in [3.8, 4) is 11.5 Å². The van der Waals surface area contributed by atoms with Gasteiger partial charge in [-0.15, -0.1) is 10.2 Å². The van der Waals surface area contributed by atoms with Crippen molar-refractivity contribution in [1.29, 1.82) is 0 Å². The van der Waals surface area contributed by atoms with Crippen molar-refractivity contribution in [2.24, 2.45) is 0 Å². The largest absolute Gasteiger partial charge is 0.486 e. The molecule has 2 N–H and O–H groups in total. The summed E-state index contributed by atoms with van der Waals surface area (Å²) in [7, 11) is 0. The number of imide groups is 1. The number of nitrogens with zero attached hydrogens (tertiary/aromatic N) is 2. The van der Waals surface area contributed by atoms with E-state index >= 15 is 0 Å². The van der Waals surface area contributed by atoms with Crippen molar-refractivity contribution < 1.29 is 23.5 Å². The summed E-state index contributed by atoms with van der Waals surface area (Å²) in [5.41, 5.74) is 1.58. The molecule has 10 heteroatoms. The third kappa shape index (κ3) is 5.98. The number of rotatable bonds is 7. The lowest BCUT2D eigenvalue weighted by Gasteiger charge is -2.19. The van der Waals surface area contributed by atoms with E-state index in [2.05, 4.69) is 20.8 Å². The number of benzene rings is 2. The molecule has 31 heavy (non-hydrogen) atoms. The first-order valence-corrected chi connectivity index (χ1v) is 10.6. The molecule has 0 bridgehead atoms. The Kier molecular flexibility index (Phi) is 6.68. The predicted octanol–water partition coefficient (Wildman–Crippen LogP) is 3.26. The molecule has 0 saturated carbocycles. The summed E-state index contributed by atoms with van der Waals surface area (Å²) in [6.45, 7) is 0.942. The van der Waals surface area contributed by atoms with Crippen molar-refractivity contribution in [1.82, 2.24) is 15.5 Å². The average Bonchev–Trinajstić information content (AvgIpc) is 3.21. The predicted molar refractivity (Wildman–Crippen MR) is 113 cm³/mol. The van der Waals surface area contributed by atoms with Crippen LogP contribution in [0.2, 0.25) is 0 Å². The van der Waals surface area contributed by atoms with Gasteiger partial charge in [-0.2, -0.15) is 0 Å². The third-order valence-electron chi connectivity index (χ3n) is 4.25. The van der Waals surface area contributed by atoms with E-state index in [0.29, 0.717) is 53.7 Å². The van der Waals surface area contributed by atoms with E-state index in [1.165, 1.54) is 11.8 Å². The molecule has 2 aromatic carbocycles. The first-order valence-electron chi connectivity index (χ1n) is 9.65. The van der Waals surface area contributed by atoms with Crippen LogP contribution in [-0.4, -0.2) is 41.1 Å². The summed E-state index contributed by atoms with van der Waals surface area (Å²) >= 11 is 1.26. The molecule has 1 aliphatic rings. The molecule has 2 heterocycles. The fourth-order valence-corrected chi connectivity index (χ4v) is 3.56. The van der Waals surface area contributed by atoms with Crippen LogP contribution in [0.1, 0.15) is 17.9 Å². The van der Waals surface area contributed by atoms with Gasteiger partial charge in [-0.3, -0.25) is 10.1 Å². The monoisotopic (exact) mass is 440 g/mol. The second kappa shape index (κ2) is 9.98.